The van der Waals surface area contributed by atoms with E-state index in [0.29, 0.717) is 18.7 Å². The normalized spacial score (nSPS) is 14.9. The first kappa shape index (κ1) is 21.5. The molecule has 1 aliphatic heterocycles. The zero-order chi connectivity index (χ0) is 23.5. The van der Waals surface area contributed by atoms with Crippen molar-refractivity contribution < 1.29 is 9.53 Å². The topological polar surface area (TPSA) is 59.4 Å². The molecule has 0 fully saturated rings. The van der Waals surface area contributed by atoms with Crippen molar-refractivity contribution in [1.82, 2.24) is 14.7 Å². The fourth-order valence-corrected chi connectivity index (χ4v) is 4.40. The van der Waals surface area contributed by atoms with Gasteiger partial charge in [-0.1, -0.05) is 60.7 Å². The number of carbonyl (C=O) groups excluding carboxylic acids is 1. The monoisotopic (exact) mass is 450 g/mol. The molecule has 1 amide bonds. The summed E-state index contributed by atoms with van der Waals surface area (Å²) in [6.07, 6.45) is 3.35. The zero-order valence-electron chi connectivity index (χ0n) is 19.0. The molecule has 1 aliphatic rings. The van der Waals surface area contributed by atoms with E-state index in [4.69, 9.17) is 9.84 Å². The van der Waals surface area contributed by atoms with E-state index in [-0.39, 0.29) is 5.91 Å². The van der Waals surface area contributed by atoms with Gasteiger partial charge in [0, 0.05) is 29.6 Å². The molecule has 0 bridgehead atoms. The molecule has 6 heteroatoms. The maximum Gasteiger partial charge on any atom is 0.258 e. The lowest BCUT2D eigenvalue weighted by atomic mass is 10.0. The van der Waals surface area contributed by atoms with E-state index in [1.165, 1.54) is 0 Å². The lowest BCUT2D eigenvalue weighted by molar-refractivity contribution is 0.0708. The molecule has 0 radical (unpaired) electrons. The fraction of sp³-hybridized carbons (Fsp3) is 0.143. The highest BCUT2D eigenvalue weighted by molar-refractivity contribution is 6.02. The largest absolute Gasteiger partial charge is 0.496 e. The van der Waals surface area contributed by atoms with Gasteiger partial charge in [0.15, 0.2) is 0 Å². The average molecular weight is 451 g/mol. The van der Waals surface area contributed by atoms with E-state index in [0.717, 1.165) is 33.8 Å². The average Bonchev–Trinajstić information content (AvgIpc) is 3.29. The minimum absolute atomic E-state index is 0.0407. The van der Waals surface area contributed by atoms with Crippen LogP contribution in [0.5, 0.6) is 5.75 Å². The third-order valence-corrected chi connectivity index (χ3v) is 5.98. The van der Waals surface area contributed by atoms with Gasteiger partial charge in [-0.05, 0) is 29.8 Å². The van der Waals surface area contributed by atoms with Gasteiger partial charge in [-0.2, -0.15) is 5.10 Å². The van der Waals surface area contributed by atoms with Gasteiger partial charge in [0.25, 0.3) is 5.91 Å². The first-order valence-corrected chi connectivity index (χ1v) is 11.2. The number of rotatable bonds is 7. The van der Waals surface area contributed by atoms with Gasteiger partial charge >= 0.3 is 0 Å². The van der Waals surface area contributed by atoms with Crippen LogP contribution >= 0.6 is 0 Å². The number of methoxy groups -OCH3 is 1. The Balaban J connectivity index is 1.65. The molecular weight excluding hydrogens is 424 g/mol. The second kappa shape index (κ2) is 9.27. The predicted octanol–water partition coefficient (Wildman–Crippen LogP) is 5.36. The van der Waals surface area contributed by atoms with Crippen LogP contribution in [-0.2, 0) is 6.54 Å². The van der Waals surface area contributed by atoms with Crippen molar-refractivity contribution in [2.75, 3.05) is 19.0 Å². The van der Waals surface area contributed by atoms with Crippen LogP contribution in [0.15, 0.2) is 97.7 Å². The molecule has 1 aromatic heterocycles. The van der Waals surface area contributed by atoms with Gasteiger partial charge in [-0.25, -0.2) is 0 Å². The Hall–Kier alpha value is -4.32. The van der Waals surface area contributed by atoms with Gasteiger partial charge < -0.3 is 15.0 Å². The molecule has 6 nitrogen and oxygen atoms in total. The summed E-state index contributed by atoms with van der Waals surface area (Å²) >= 11 is 0. The quantitative estimate of drug-likeness (QED) is 0.385. The van der Waals surface area contributed by atoms with Crippen LogP contribution in [0.4, 0.5) is 5.69 Å². The van der Waals surface area contributed by atoms with Crippen LogP contribution in [0, 0.1) is 0 Å². The van der Waals surface area contributed by atoms with E-state index in [2.05, 4.69) is 24.0 Å². The number of fused-ring (bicyclic) bond motifs is 1. The van der Waals surface area contributed by atoms with E-state index in [1.807, 2.05) is 77.6 Å². The summed E-state index contributed by atoms with van der Waals surface area (Å²) in [5.74, 6) is 0.688. The summed E-state index contributed by atoms with van der Waals surface area (Å²) < 4.78 is 7.58. The van der Waals surface area contributed by atoms with Crippen LogP contribution in [0.3, 0.4) is 0 Å². The highest BCUT2D eigenvalue weighted by atomic mass is 16.5. The van der Waals surface area contributed by atoms with Gasteiger partial charge in [0.2, 0.25) is 0 Å². The molecule has 0 spiro atoms. The third-order valence-electron chi connectivity index (χ3n) is 5.98. The molecular formula is C28H26N4O2. The number of anilines is 1. The number of para-hydroxylation sites is 2. The van der Waals surface area contributed by atoms with E-state index in [9.17, 15) is 4.79 Å². The minimum atomic E-state index is -0.412. The predicted molar refractivity (Wildman–Crippen MR) is 134 cm³/mol. The molecule has 5 rings (SSSR count). The maximum atomic E-state index is 13.4. The highest BCUT2D eigenvalue weighted by Gasteiger charge is 2.35. The number of nitrogens with zero attached hydrogens (tertiary/aromatic N) is 3. The van der Waals surface area contributed by atoms with Crippen molar-refractivity contribution in [3.8, 4) is 17.0 Å². The van der Waals surface area contributed by atoms with Gasteiger partial charge in [0.05, 0.1) is 19.2 Å². The van der Waals surface area contributed by atoms with Crippen LogP contribution in [0.1, 0.15) is 27.7 Å². The van der Waals surface area contributed by atoms with Crippen molar-refractivity contribution in [1.29, 1.82) is 0 Å². The molecule has 0 unspecified atom stereocenters. The van der Waals surface area contributed by atoms with Crippen molar-refractivity contribution in [3.05, 3.63) is 114 Å². The van der Waals surface area contributed by atoms with Crippen molar-refractivity contribution in [3.63, 3.8) is 0 Å². The van der Waals surface area contributed by atoms with Gasteiger partial charge in [0.1, 0.15) is 17.6 Å². The summed E-state index contributed by atoms with van der Waals surface area (Å²) in [5, 5.41) is 8.53. The first-order chi connectivity index (χ1) is 16.7. The van der Waals surface area contributed by atoms with Gasteiger partial charge in [-0.15, -0.1) is 6.58 Å². The highest BCUT2D eigenvalue weighted by Crippen LogP contribution is 2.39. The number of hydrogen-bond acceptors (Lipinski definition) is 4. The molecule has 4 aromatic rings. The van der Waals surface area contributed by atoms with Gasteiger partial charge in [-0.3, -0.25) is 9.48 Å². The Morgan fingerprint density at radius 3 is 2.47 bits per heavy atom. The molecule has 34 heavy (non-hydrogen) atoms. The summed E-state index contributed by atoms with van der Waals surface area (Å²) in [6.45, 7) is 4.90. The number of amides is 1. The summed E-state index contributed by atoms with van der Waals surface area (Å²) in [5.41, 5.74) is 5.13. The lowest BCUT2D eigenvalue weighted by Crippen LogP contribution is -2.43. The fourth-order valence-electron chi connectivity index (χ4n) is 4.40. The minimum Gasteiger partial charge on any atom is -0.496 e. The Kier molecular flexibility index (Phi) is 5.87. The van der Waals surface area contributed by atoms with Crippen LogP contribution in [-0.4, -0.2) is 34.2 Å². The van der Waals surface area contributed by atoms with Crippen molar-refractivity contribution >= 4 is 11.6 Å². The van der Waals surface area contributed by atoms with E-state index >= 15 is 0 Å². The summed E-state index contributed by atoms with van der Waals surface area (Å²) in [7, 11) is 1.65. The number of benzene rings is 3. The van der Waals surface area contributed by atoms with E-state index in [1.54, 1.807) is 18.1 Å². The molecule has 1 atom stereocenters. The maximum absolute atomic E-state index is 13.4. The number of hydrogen-bond donors (Lipinski definition) is 1. The lowest BCUT2D eigenvalue weighted by Gasteiger charge is -2.37. The van der Waals surface area contributed by atoms with Crippen LogP contribution in [0.25, 0.3) is 11.3 Å². The molecule has 0 saturated heterocycles. The standard InChI is InChI=1S/C28H26N4O2/c1-3-17-32-27(29-24-15-9-7-13-21(24)28(32)33)23-19-31(18-20-11-5-4-6-12-20)30-26(23)22-14-8-10-16-25(22)34-2/h3-16,19,27,29H,1,17-18H2,2H3/t27-/m0/s1. The SMILES string of the molecule is C=CCN1C(=O)c2ccccc2N[C@@H]1c1cn(Cc2ccccc2)nc1-c1ccccc1OC. The second-order valence-electron chi connectivity index (χ2n) is 8.16. The number of aromatic nitrogens is 2. The Labute approximate surface area is 199 Å². The molecule has 170 valence electrons. The molecule has 1 N–H and O–H groups in total. The first-order valence-electron chi connectivity index (χ1n) is 11.2. The van der Waals surface area contributed by atoms with Crippen molar-refractivity contribution in [2.24, 2.45) is 0 Å². The Morgan fingerprint density at radius 2 is 1.71 bits per heavy atom. The second-order valence-corrected chi connectivity index (χ2v) is 8.16. The Morgan fingerprint density at radius 1 is 1.00 bits per heavy atom. The Bertz CT molecular complexity index is 1330. The zero-order valence-corrected chi connectivity index (χ0v) is 19.0. The van der Waals surface area contributed by atoms with Crippen LogP contribution < -0.4 is 10.1 Å². The van der Waals surface area contributed by atoms with Crippen molar-refractivity contribution in [2.45, 2.75) is 12.7 Å². The number of carbonyl (C=O) groups is 1. The molecule has 0 aliphatic carbocycles. The molecule has 3 aromatic carbocycles. The molecule has 0 saturated carbocycles. The van der Waals surface area contributed by atoms with E-state index < -0.39 is 6.17 Å². The summed E-state index contributed by atoms with van der Waals surface area (Å²) in [6, 6.07) is 25.6. The smallest absolute Gasteiger partial charge is 0.258 e. The number of ether oxygens (including phenoxy) is 1. The molecule has 2 heterocycles. The third kappa shape index (κ3) is 3.94. The van der Waals surface area contributed by atoms with Crippen LogP contribution in [0.2, 0.25) is 0 Å². The summed E-state index contributed by atoms with van der Waals surface area (Å²) in [4.78, 5) is 15.2. The number of nitrogens with one attached hydrogen (secondary N) is 1.